The molecule has 0 aromatic heterocycles. The standard InChI is InChI=1S/C11H19NO/c1-2-3-4-7-10-8-5-6-9-11(13)12-10/h2,10H,1,3-9H2,(H,12,13)/t10-/m1/s1. The summed E-state index contributed by atoms with van der Waals surface area (Å²) in [6.45, 7) is 3.69. The molecule has 1 fully saturated rings. The summed E-state index contributed by atoms with van der Waals surface area (Å²) in [6.07, 6.45) is 9.39. The highest BCUT2D eigenvalue weighted by molar-refractivity contribution is 5.76. The van der Waals surface area contributed by atoms with Crippen LogP contribution in [0.5, 0.6) is 0 Å². The Bertz CT molecular complexity index is 177. The van der Waals surface area contributed by atoms with E-state index in [9.17, 15) is 4.79 Å². The van der Waals surface area contributed by atoms with Crippen molar-refractivity contribution >= 4 is 5.91 Å². The Morgan fingerprint density at radius 2 is 2.38 bits per heavy atom. The third-order valence-electron chi connectivity index (χ3n) is 2.53. The lowest BCUT2D eigenvalue weighted by molar-refractivity contribution is -0.121. The number of amides is 1. The van der Waals surface area contributed by atoms with E-state index >= 15 is 0 Å². The second kappa shape index (κ2) is 5.79. The Hall–Kier alpha value is -0.790. The van der Waals surface area contributed by atoms with Crippen LogP contribution in [0.25, 0.3) is 0 Å². The van der Waals surface area contributed by atoms with Gasteiger partial charge in [0.25, 0.3) is 0 Å². The van der Waals surface area contributed by atoms with Crippen molar-refractivity contribution in [3.05, 3.63) is 12.7 Å². The molecule has 1 rings (SSSR count). The lowest BCUT2D eigenvalue weighted by Gasteiger charge is -2.14. The summed E-state index contributed by atoms with van der Waals surface area (Å²) < 4.78 is 0. The average molecular weight is 181 g/mol. The summed E-state index contributed by atoms with van der Waals surface area (Å²) in [5.74, 6) is 0.237. The maximum atomic E-state index is 11.2. The van der Waals surface area contributed by atoms with Gasteiger partial charge in [-0.25, -0.2) is 0 Å². The molecule has 0 bridgehead atoms. The molecule has 1 aliphatic rings. The maximum Gasteiger partial charge on any atom is 0.220 e. The van der Waals surface area contributed by atoms with Gasteiger partial charge >= 0.3 is 0 Å². The van der Waals surface area contributed by atoms with Crippen molar-refractivity contribution in [3.8, 4) is 0 Å². The Labute approximate surface area is 80.4 Å². The second-order valence-corrected chi connectivity index (χ2v) is 3.73. The molecule has 1 aliphatic heterocycles. The molecular weight excluding hydrogens is 162 g/mol. The molecule has 0 spiro atoms. The number of carbonyl (C=O) groups is 1. The first kappa shape index (κ1) is 10.3. The van der Waals surface area contributed by atoms with Gasteiger partial charge in [-0.15, -0.1) is 6.58 Å². The van der Waals surface area contributed by atoms with Gasteiger partial charge in [0.2, 0.25) is 5.91 Å². The van der Waals surface area contributed by atoms with Crippen LogP contribution >= 0.6 is 0 Å². The van der Waals surface area contributed by atoms with Gasteiger partial charge in [0.05, 0.1) is 0 Å². The van der Waals surface area contributed by atoms with Gasteiger partial charge in [-0.3, -0.25) is 4.79 Å². The lowest BCUT2D eigenvalue weighted by Crippen LogP contribution is -2.32. The monoisotopic (exact) mass is 181 g/mol. The minimum Gasteiger partial charge on any atom is -0.353 e. The molecule has 74 valence electrons. The van der Waals surface area contributed by atoms with E-state index in [1.807, 2.05) is 6.08 Å². The zero-order valence-corrected chi connectivity index (χ0v) is 8.22. The number of hydrogen-bond donors (Lipinski definition) is 1. The molecule has 1 heterocycles. The Kier molecular flexibility index (Phi) is 4.58. The smallest absolute Gasteiger partial charge is 0.220 e. The number of rotatable bonds is 4. The molecule has 0 aliphatic carbocycles. The first-order valence-electron chi connectivity index (χ1n) is 5.23. The number of unbranched alkanes of at least 4 members (excludes halogenated alkanes) is 1. The van der Waals surface area contributed by atoms with Gasteiger partial charge in [-0.2, -0.15) is 0 Å². The summed E-state index contributed by atoms with van der Waals surface area (Å²) in [5, 5.41) is 3.06. The predicted octanol–water partition coefficient (Wildman–Crippen LogP) is 2.40. The molecule has 1 N–H and O–H groups in total. The SMILES string of the molecule is C=CCCC[C@@H]1CCCCC(=O)N1. The van der Waals surface area contributed by atoms with Crippen molar-refractivity contribution in [3.63, 3.8) is 0 Å². The Morgan fingerprint density at radius 1 is 1.54 bits per heavy atom. The highest BCUT2D eigenvalue weighted by Crippen LogP contribution is 2.13. The van der Waals surface area contributed by atoms with Crippen molar-refractivity contribution in [1.82, 2.24) is 5.32 Å². The van der Waals surface area contributed by atoms with E-state index in [0.29, 0.717) is 6.04 Å². The van der Waals surface area contributed by atoms with Crippen molar-refractivity contribution in [2.24, 2.45) is 0 Å². The lowest BCUT2D eigenvalue weighted by atomic mass is 10.0. The second-order valence-electron chi connectivity index (χ2n) is 3.73. The van der Waals surface area contributed by atoms with Crippen molar-refractivity contribution < 1.29 is 4.79 Å². The third kappa shape index (κ3) is 4.11. The van der Waals surface area contributed by atoms with Crippen LogP contribution in [0.2, 0.25) is 0 Å². The minimum absolute atomic E-state index is 0.237. The van der Waals surface area contributed by atoms with Crippen LogP contribution in [0, 0.1) is 0 Å². The van der Waals surface area contributed by atoms with E-state index in [1.54, 1.807) is 0 Å². The van der Waals surface area contributed by atoms with Crippen molar-refractivity contribution in [2.75, 3.05) is 0 Å². The zero-order valence-electron chi connectivity index (χ0n) is 8.22. The first-order valence-corrected chi connectivity index (χ1v) is 5.23. The minimum atomic E-state index is 0.237. The average Bonchev–Trinajstić information content (AvgIpc) is 2.31. The zero-order chi connectivity index (χ0) is 9.52. The first-order chi connectivity index (χ1) is 6.33. The summed E-state index contributed by atoms with van der Waals surface area (Å²) in [4.78, 5) is 11.2. The van der Waals surface area contributed by atoms with E-state index in [0.717, 1.165) is 38.5 Å². The van der Waals surface area contributed by atoms with Gasteiger partial charge in [0.1, 0.15) is 0 Å². The molecule has 2 heteroatoms. The van der Waals surface area contributed by atoms with Crippen LogP contribution in [-0.2, 0) is 4.79 Å². The molecule has 0 aromatic carbocycles. The number of nitrogens with one attached hydrogen (secondary N) is 1. The molecule has 13 heavy (non-hydrogen) atoms. The fourth-order valence-electron chi connectivity index (χ4n) is 1.77. The van der Waals surface area contributed by atoms with Crippen LogP contribution in [0.4, 0.5) is 0 Å². The van der Waals surface area contributed by atoms with E-state index in [-0.39, 0.29) is 5.91 Å². The van der Waals surface area contributed by atoms with Gasteiger partial charge < -0.3 is 5.32 Å². The van der Waals surface area contributed by atoms with E-state index < -0.39 is 0 Å². The molecule has 1 amide bonds. The van der Waals surface area contributed by atoms with Crippen LogP contribution in [0.15, 0.2) is 12.7 Å². The van der Waals surface area contributed by atoms with Gasteiger partial charge in [0.15, 0.2) is 0 Å². The van der Waals surface area contributed by atoms with Crippen molar-refractivity contribution in [2.45, 2.75) is 51.0 Å². The van der Waals surface area contributed by atoms with Crippen LogP contribution in [0.3, 0.4) is 0 Å². The summed E-state index contributed by atoms with van der Waals surface area (Å²) in [5.41, 5.74) is 0. The highest BCUT2D eigenvalue weighted by Gasteiger charge is 2.15. The van der Waals surface area contributed by atoms with Gasteiger partial charge in [-0.1, -0.05) is 12.5 Å². The number of allylic oxidation sites excluding steroid dienone is 1. The van der Waals surface area contributed by atoms with Crippen molar-refractivity contribution in [1.29, 1.82) is 0 Å². The fraction of sp³-hybridized carbons (Fsp3) is 0.727. The van der Waals surface area contributed by atoms with Crippen LogP contribution in [-0.4, -0.2) is 11.9 Å². The van der Waals surface area contributed by atoms with Crippen LogP contribution < -0.4 is 5.32 Å². The van der Waals surface area contributed by atoms with E-state index in [4.69, 9.17) is 0 Å². The predicted molar refractivity (Wildman–Crippen MR) is 54.4 cm³/mol. The molecule has 0 aromatic rings. The van der Waals surface area contributed by atoms with Gasteiger partial charge in [0, 0.05) is 12.5 Å². The molecule has 2 nitrogen and oxygen atoms in total. The molecule has 0 radical (unpaired) electrons. The quantitative estimate of drug-likeness (QED) is 0.523. The molecule has 1 saturated heterocycles. The Balaban J connectivity index is 2.22. The summed E-state index contributed by atoms with van der Waals surface area (Å²) >= 11 is 0. The van der Waals surface area contributed by atoms with E-state index in [2.05, 4.69) is 11.9 Å². The Morgan fingerprint density at radius 3 is 3.15 bits per heavy atom. The van der Waals surface area contributed by atoms with Gasteiger partial charge in [-0.05, 0) is 32.1 Å². The largest absolute Gasteiger partial charge is 0.353 e. The maximum absolute atomic E-state index is 11.2. The molecule has 0 unspecified atom stereocenters. The normalized spacial score (nSPS) is 23.4. The number of hydrogen-bond acceptors (Lipinski definition) is 1. The number of carbonyl (C=O) groups excluding carboxylic acids is 1. The molecular formula is C11H19NO. The fourth-order valence-corrected chi connectivity index (χ4v) is 1.77. The molecule has 1 atom stereocenters. The summed E-state index contributed by atoms with van der Waals surface area (Å²) in [7, 11) is 0. The third-order valence-corrected chi connectivity index (χ3v) is 2.53. The molecule has 0 saturated carbocycles. The highest BCUT2D eigenvalue weighted by atomic mass is 16.1. The summed E-state index contributed by atoms with van der Waals surface area (Å²) in [6, 6.07) is 0.426. The van der Waals surface area contributed by atoms with Crippen LogP contribution in [0.1, 0.15) is 44.9 Å². The van der Waals surface area contributed by atoms with E-state index in [1.165, 1.54) is 6.42 Å². The topological polar surface area (TPSA) is 29.1 Å².